The van der Waals surface area contributed by atoms with Crippen LogP contribution >= 0.6 is 0 Å². The number of aliphatic imine (C=N–C) groups is 1. The molecule has 0 saturated carbocycles. The predicted octanol–water partition coefficient (Wildman–Crippen LogP) is 6.46. The molecule has 0 unspecified atom stereocenters. The number of aromatic hydroxyl groups is 1. The molecule has 28 heavy (non-hydrogen) atoms. The highest BCUT2D eigenvalue weighted by molar-refractivity contribution is 6.29. The lowest BCUT2D eigenvalue weighted by Crippen LogP contribution is -2.04. The van der Waals surface area contributed by atoms with Crippen molar-refractivity contribution >= 4 is 17.2 Å². The zero-order valence-electron chi connectivity index (χ0n) is 16.9. The van der Waals surface area contributed by atoms with Crippen LogP contribution in [-0.2, 0) is 0 Å². The van der Waals surface area contributed by atoms with Gasteiger partial charge >= 0.3 is 0 Å². The molecule has 4 heteroatoms. The topological polar surface area (TPSA) is 65.4 Å². The molecular weight excluding hydrogens is 348 g/mol. The molecule has 3 aliphatic rings. The number of carbonyl (C=O) groups is 1. The molecule has 1 aromatic rings. The summed E-state index contributed by atoms with van der Waals surface area (Å²) in [6, 6.07) is 0. The second-order valence-electron chi connectivity index (χ2n) is 8.44. The number of rotatable bonds is 2. The molecular formula is C24H32N2O2. The average Bonchev–Trinajstić information content (AvgIpc) is 3.18. The van der Waals surface area contributed by atoms with Crippen molar-refractivity contribution in [1.82, 2.24) is 4.98 Å². The second-order valence-corrected chi connectivity index (χ2v) is 8.44. The lowest BCUT2D eigenvalue weighted by molar-refractivity contribution is 0.101. The molecule has 0 bridgehead atoms. The number of allylic oxidation sites excluding steroid dienone is 4. The summed E-state index contributed by atoms with van der Waals surface area (Å²) in [6.45, 7) is 0. The van der Waals surface area contributed by atoms with Crippen LogP contribution < -0.4 is 0 Å². The molecule has 0 radical (unpaired) electrons. The Labute approximate surface area is 167 Å². The Morgan fingerprint density at radius 2 is 1.32 bits per heavy atom. The Morgan fingerprint density at radius 3 is 2.04 bits per heavy atom. The van der Waals surface area contributed by atoms with Crippen molar-refractivity contribution < 1.29 is 9.90 Å². The number of fused-ring (bicyclic) bond motifs is 1. The third-order valence-corrected chi connectivity index (χ3v) is 6.35. The fraction of sp³-hybridized carbons (Fsp3) is 0.583. The van der Waals surface area contributed by atoms with Gasteiger partial charge in [0.05, 0.1) is 22.5 Å². The van der Waals surface area contributed by atoms with Gasteiger partial charge in [-0.25, -0.2) is 4.99 Å². The van der Waals surface area contributed by atoms with Crippen LogP contribution in [0, 0.1) is 0 Å². The van der Waals surface area contributed by atoms with E-state index in [1.807, 2.05) is 0 Å². The first-order valence-electron chi connectivity index (χ1n) is 11.2. The van der Waals surface area contributed by atoms with E-state index in [1.54, 1.807) is 0 Å². The van der Waals surface area contributed by atoms with Gasteiger partial charge in [-0.15, -0.1) is 0 Å². The summed E-state index contributed by atoms with van der Waals surface area (Å²) in [7, 11) is 0. The van der Waals surface area contributed by atoms with Crippen molar-refractivity contribution in [1.29, 1.82) is 0 Å². The number of aromatic amines is 1. The number of nitrogens with zero attached hydrogens (tertiary/aromatic N) is 1. The van der Waals surface area contributed by atoms with Crippen LogP contribution in [0.5, 0.6) is 5.88 Å². The molecule has 0 saturated heterocycles. The molecule has 0 aromatic carbocycles. The molecule has 150 valence electrons. The molecule has 2 N–H and O–H groups in total. The first kappa shape index (κ1) is 19.2. The Morgan fingerprint density at radius 1 is 0.750 bits per heavy atom. The zero-order valence-corrected chi connectivity index (χ0v) is 16.9. The maximum Gasteiger partial charge on any atom is 0.280 e. The number of carbonyl (C=O) groups excluding carboxylic acids is 1. The normalized spacial score (nSPS) is 25.6. The van der Waals surface area contributed by atoms with Gasteiger partial charge < -0.3 is 10.1 Å². The van der Waals surface area contributed by atoms with Gasteiger partial charge in [0.2, 0.25) is 0 Å². The monoisotopic (exact) mass is 380 g/mol. The number of hydrogen-bond donors (Lipinski definition) is 2. The van der Waals surface area contributed by atoms with E-state index in [1.165, 1.54) is 56.9 Å². The van der Waals surface area contributed by atoms with Crippen LogP contribution in [0.4, 0.5) is 0 Å². The number of amides is 1. The van der Waals surface area contributed by atoms with Gasteiger partial charge in [-0.3, -0.25) is 4.79 Å². The number of H-pyrrole nitrogens is 1. The average molecular weight is 381 g/mol. The van der Waals surface area contributed by atoms with Gasteiger partial charge in [-0.2, -0.15) is 0 Å². The summed E-state index contributed by atoms with van der Waals surface area (Å²) < 4.78 is 0. The van der Waals surface area contributed by atoms with Crippen LogP contribution in [0.3, 0.4) is 0 Å². The van der Waals surface area contributed by atoms with E-state index in [9.17, 15) is 9.90 Å². The third kappa shape index (κ3) is 4.01. The summed E-state index contributed by atoms with van der Waals surface area (Å²) in [5.41, 5.74) is 5.07. The van der Waals surface area contributed by atoms with Crippen LogP contribution in [-0.4, -0.2) is 21.7 Å². The number of aromatic nitrogens is 1. The van der Waals surface area contributed by atoms with Crippen LogP contribution in [0.1, 0.15) is 112 Å². The standard InChI is InChI=1S/C24H32N2O2/c27-23-19-20(22(26-23)18-15-11-7-4-8-12-16-18)24(28)25-21(19)17-13-9-5-2-1-3-6-10-14-17/h13,15,26-27H,1-12,14,16H2/b17-13+,18-15+. The van der Waals surface area contributed by atoms with Crippen LogP contribution in [0.25, 0.3) is 5.57 Å². The van der Waals surface area contributed by atoms with Crippen LogP contribution in [0.2, 0.25) is 0 Å². The van der Waals surface area contributed by atoms with E-state index in [0.717, 1.165) is 49.8 Å². The first-order valence-corrected chi connectivity index (χ1v) is 11.2. The third-order valence-electron chi connectivity index (χ3n) is 6.35. The first-order chi connectivity index (χ1) is 13.8. The lowest BCUT2D eigenvalue weighted by Gasteiger charge is -2.11. The molecule has 0 spiro atoms. The summed E-state index contributed by atoms with van der Waals surface area (Å²) in [6.07, 6.45) is 20.7. The highest BCUT2D eigenvalue weighted by Crippen LogP contribution is 2.39. The predicted molar refractivity (Wildman–Crippen MR) is 114 cm³/mol. The van der Waals surface area contributed by atoms with Crippen molar-refractivity contribution in [2.24, 2.45) is 4.99 Å². The number of hydrogen-bond acceptors (Lipinski definition) is 2. The zero-order chi connectivity index (χ0) is 19.3. The van der Waals surface area contributed by atoms with Crippen molar-refractivity contribution in [2.45, 2.75) is 89.9 Å². The summed E-state index contributed by atoms with van der Waals surface area (Å²) in [5.74, 6) is -0.0898. The molecule has 1 aromatic heterocycles. The van der Waals surface area contributed by atoms with E-state index in [4.69, 9.17) is 0 Å². The van der Waals surface area contributed by atoms with E-state index >= 15 is 0 Å². The Hall–Kier alpha value is -2.10. The molecule has 4 nitrogen and oxygen atoms in total. The van der Waals surface area contributed by atoms with Crippen molar-refractivity contribution in [3.05, 3.63) is 34.5 Å². The molecule has 2 heterocycles. The van der Waals surface area contributed by atoms with E-state index in [-0.39, 0.29) is 11.8 Å². The molecule has 1 amide bonds. The minimum atomic E-state index is -0.197. The van der Waals surface area contributed by atoms with E-state index in [0.29, 0.717) is 16.8 Å². The maximum atomic E-state index is 12.9. The highest BCUT2D eigenvalue weighted by atomic mass is 16.3. The van der Waals surface area contributed by atoms with Crippen molar-refractivity contribution in [3.8, 4) is 5.88 Å². The van der Waals surface area contributed by atoms with Crippen molar-refractivity contribution in [2.75, 3.05) is 0 Å². The van der Waals surface area contributed by atoms with E-state index in [2.05, 4.69) is 22.1 Å². The largest absolute Gasteiger partial charge is 0.494 e. The molecule has 4 rings (SSSR count). The quantitative estimate of drug-likeness (QED) is 0.618. The maximum absolute atomic E-state index is 12.9. The molecule has 0 fully saturated rings. The van der Waals surface area contributed by atoms with Gasteiger partial charge in [0.25, 0.3) is 5.91 Å². The fourth-order valence-corrected chi connectivity index (χ4v) is 4.80. The molecule has 0 atom stereocenters. The summed E-state index contributed by atoms with van der Waals surface area (Å²) in [5, 5.41) is 10.7. The fourth-order valence-electron chi connectivity index (χ4n) is 4.80. The Kier molecular flexibility index (Phi) is 6.13. The second kappa shape index (κ2) is 8.93. The van der Waals surface area contributed by atoms with E-state index < -0.39 is 0 Å². The van der Waals surface area contributed by atoms with Gasteiger partial charge in [0.15, 0.2) is 5.88 Å². The van der Waals surface area contributed by atoms with Crippen LogP contribution in [0.15, 0.2) is 22.7 Å². The van der Waals surface area contributed by atoms with Gasteiger partial charge in [-0.1, -0.05) is 50.7 Å². The Balaban J connectivity index is 1.67. The minimum absolute atomic E-state index is 0.107. The number of nitrogens with one attached hydrogen (secondary N) is 1. The van der Waals surface area contributed by atoms with Gasteiger partial charge in [0.1, 0.15) is 0 Å². The SMILES string of the molecule is O=C1N=C(/C2=C/CCCCCCCC2)c2c(O)[nH]c(/C3=C/CCCCCC3)c21. The Bertz CT molecular complexity index is 826. The highest BCUT2D eigenvalue weighted by Gasteiger charge is 2.34. The summed E-state index contributed by atoms with van der Waals surface area (Å²) in [4.78, 5) is 20.4. The van der Waals surface area contributed by atoms with Gasteiger partial charge in [-0.05, 0) is 62.5 Å². The van der Waals surface area contributed by atoms with Gasteiger partial charge in [0, 0.05) is 0 Å². The molecule has 1 aliphatic heterocycles. The lowest BCUT2D eigenvalue weighted by atomic mass is 9.92. The van der Waals surface area contributed by atoms with Crippen molar-refractivity contribution in [3.63, 3.8) is 0 Å². The molecule has 2 aliphatic carbocycles. The summed E-state index contributed by atoms with van der Waals surface area (Å²) >= 11 is 0. The smallest absolute Gasteiger partial charge is 0.280 e. The minimum Gasteiger partial charge on any atom is -0.494 e.